The van der Waals surface area contributed by atoms with Crippen LogP contribution in [0.1, 0.15) is 52.4 Å². The first kappa shape index (κ1) is 13.0. The molecule has 2 atom stereocenters. The van der Waals surface area contributed by atoms with Crippen LogP contribution < -0.4 is 5.32 Å². The van der Waals surface area contributed by atoms with E-state index in [0.717, 1.165) is 12.5 Å². The number of aliphatic hydroxyl groups is 1. The Labute approximate surface area is 94.5 Å². The molecule has 0 heterocycles. The minimum atomic E-state index is 0.294. The molecule has 0 aromatic heterocycles. The molecule has 0 bridgehead atoms. The van der Waals surface area contributed by atoms with Gasteiger partial charge in [-0.1, -0.05) is 32.6 Å². The maximum Gasteiger partial charge on any atom is 0.0468 e. The predicted octanol–water partition coefficient (Wildman–Crippen LogP) is 2.56. The molecule has 2 N–H and O–H groups in total. The monoisotopic (exact) mass is 213 g/mol. The molecule has 0 aromatic rings. The molecule has 0 saturated heterocycles. The molecule has 1 saturated carbocycles. The second kappa shape index (κ2) is 7.24. The summed E-state index contributed by atoms with van der Waals surface area (Å²) < 4.78 is 0. The maximum atomic E-state index is 8.91. The van der Waals surface area contributed by atoms with Crippen molar-refractivity contribution in [2.45, 2.75) is 58.4 Å². The van der Waals surface area contributed by atoms with Gasteiger partial charge in [0.2, 0.25) is 0 Å². The van der Waals surface area contributed by atoms with Gasteiger partial charge in [-0.3, -0.25) is 0 Å². The standard InChI is InChI=1S/C13H27NO/c1-11(10-15)9-14-12(2)7-8-13-5-3-4-6-13/h11-15H,3-10H2,1-2H3. The highest BCUT2D eigenvalue weighted by Gasteiger charge is 2.15. The first-order valence-corrected chi connectivity index (χ1v) is 6.56. The minimum absolute atomic E-state index is 0.294. The fourth-order valence-electron chi connectivity index (χ4n) is 2.35. The van der Waals surface area contributed by atoms with E-state index in [4.69, 9.17) is 5.11 Å². The van der Waals surface area contributed by atoms with E-state index < -0.39 is 0 Å². The summed E-state index contributed by atoms with van der Waals surface area (Å²) in [5.41, 5.74) is 0. The highest BCUT2D eigenvalue weighted by molar-refractivity contribution is 4.71. The Bertz CT molecular complexity index is 155. The quantitative estimate of drug-likeness (QED) is 0.681. The van der Waals surface area contributed by atoms with Gasteiger partial charge in [0.1, 0.15) is 0 Å². The highest BCUT2D eigenvalue weighted by Crippen LogP contribution is 2.28. The molecule has 0 spiro atoms. The molecule has 2 nitrogen and oxygen atoms in total. The van der Waals surface area contributed by atoms with Crippen LogP contribution in [-0.4, -0.2) is 24.3 Å². The van der Waals surface area contributed by atoms with Crippen molar-refractivity contribution in [3.8, 4) is 0 Å². The normalized spacial score (nSPS) is 21.8. The lowest BCUT2D eigenvalue weighted by molar-refractivity contribution is 0.229. The van der Waals surface area contributed by atoms with E-state index in [2.05, 4.69) is 19.2 Å². The Morgan fingerprint density at radius 3 is 2.53 bits per heavy atom. The number of hydrogen-bond acceptors (Lipinski definition) is 2. The zero-order valence-corrected chi connectivity index (χ0v) is 10.3. The van der Waals surface area contributed by atoms with Gasteiger partial charge < -0.3 is 10.4 Å². The third kappa shape index (κ3) is 5.53. The molecule has 0 aromatic carbocycles. The predicted molar refractivity (Wildman–Crippen MR) is 64.9 cm³/mol. The number of aliphatic hydroxyl groups excluding tert-OH is 1. The Balaban J connectivity index is 1.99. The highest BCUT2D eigenvalue weighted by atomic mass is 16.3. The van der Waals surface area contributed by atoms with E-state index in [1.165, 1.54) is 38.5 Å². The summed E-state index contributed by atoms with van der Waals surface area (Å²) in [5.74, 6) is 1.39. The van der Waals surface area contributed by atoms with E-state index in [1.807, 2.05) is 0 Å². The molecule has 1 aliphatic rings. The van der Waals surface area contributed by atoms with Crippen LogP contribution in [0.4, 0.5) is 0 Å². The van der Waals surface area contributed by atoms with Crippen molar-refractivity contribution in [3.63, 3.8) is 0 Å². The third-order valence-electron chi connectivity index (χ3n) is 3.61. The summed E-state index contributed by atoms with van der Waals surface area (Å²) in [6.07, 6.45) is 8.51. The van der Waals surface area contributed by atoms with Crippen LogP contribution in [0.3, 0.4) is 0 Å². The third-order valence-corrected chi connectivity index (χ3v) is 3.61. The van der Waals surface area contributed by atoms with Gasteiger partial charge in [0, 0.05) is 19.2 Å². The van der Waals surface area contributed by atoms with E-state index in [0.29, 0.717) is 18.6 Å². The lowest BCUT2D eigenvalue weighted by Crippen LogP contribution is -2.31. The topological polar surface area (TPSA) is 32.3 Å². The van der Waals surface area contributed by atoms with Crippen LogP contribution >= 0.6 is 0 Å². The summed E-state index contributed by atoms with van der Waals surface area (Å²) in [4.78, 5) is 0. The van der Waals surface area contributed by atoms with E-state index in [1.54, 1.807) is 0 Å². The molecule has 1 aliphatic carbocycles. The van der Waals surface area contributed by atoms with Crippen LogP contribution in [0.5, 0.6) is 0 Å². The van der Waals surface area contributed by atoms with Crippen molar-refractivity contribution in [1.82, 2.24) is 5.32 Å². The van der Waals surface area contributed by atoms with Gasteiger partial charge >= 0.3 is 0 Å². The zero-order valence-electron chi connectivity index (χ0n) is 10.3. The summed E-state index contributed by atoms with van der Waals surface area (Å²) >= 11 is 0. The van der Waals surface area contributed by atoms with E-state index in [-0.39, 0.29) is 0 Å². The van der Waals surface area contributed by atoms with Crippen molar-refractivity contribution in [2.75, 3.05) is 13.2 Å². The molecule has 2 unspecified atom stereocenters. The number of nitrogens with one attached hydrogen (secondary N) is 1. The first-order chi connectivity index (χ1) is 7.22. The van der Waals surface area contributed by atoms with Crippen LogP contribution in [0.15, 0.2) is 0 Å². The van der Waals surface area contributed by atoms with Gasteiger partial charge in [-0.05, 0) is 31.6 Å². The lowest BCUT2D eigenvalue weighted by atomic mass is 9.99. The largest absolute Gasteiger partial charge is 0.396 e. The SMILES string of the molecule is CC(CO)CNC(C)CCC1CCCC1. The smallest absolute Gasteiger partial charge is 0.0468 e. The molecule has 0 radical (unpaired) electrons. The van der Waals surface area contributed by atoms with Crippen LogP contribution in [0, 0.1) is 11.8 Å². The molecule has 15 heavy (non-hydrogen) atoms. The van der Waals surface area contributed by atoms with Gasteiger partial charge in [-0.25, -0.2) is 0 Å². The summed E-state index contributed by atoms with van der Waals surface area (Å²) in [6, 6.07) is 0.611. The van der Waals surface area contributed by atoms with Gasteiger partial charge in [0.25, 0.3) is 0 Å². The second-order valence-corrected chi connectivity index (χ2v) is 5.32. The van der Waals surface area contributed by atoms with Crippen molar-refractivity contribution in [1.29, 1.82) is 0 Å². The summed E-state index contributed by atoms with van der Waals surface area (Å²) in [6.45, 7) is 5.58. The van der Waals surface area contributed by atoms with Gasteiger partial charge in [0.05, 0.1) is 0 Å². The Kier molecular flexibility index (Phi) is 6.26. The second-order valence-electron chi connectivity index (χ2n) is 5.32. The molecule has 0 amide bonds. The fraction of sp³-hybridized carbons (Fsp3) is 1.00. The maximum absolute atomic E-state index is 8.91. The van der Waals surface area contributed by atoms with Gasteiger partial charge in [-0.2, -0.15) is 0 Å². The Hall–Kier alpha value is -0.0800. The molecule has 2 heteroatoms. The molecule has 1 fully saturated rings. The average Bonchev–Trinajstić information content (AvgIpc) is 2.75. The van der Waals surface area contributed by atoms with E-state index in [9.17, 15) is 0 Å². The molecule has 1 rings (SSSR count). The van der Waals surface area contributed by atoms with Crippen LogP contribution in [0.2, 0.25) is 0 Å². The van der Waals surface area contributed by atoms with Gasteiger partial charge in [-0.15, -0.1) is 0 Å². The summed E-state index contributed by atoms with van der Waals surface area (Å²) in [7, 11) is 0. The van der Waals surface area contributed by atoms with Crippen molar-refractivity contribution in [3.05, 3.63) is 0 Å². The average molecular weight is 213 g/mol. The molecule has 90 valence electrons. The first-order valence-electron chi connectivity index (χ1n) is 6.56. The lowest BCUT2D eigenvalue weighted by Gasteiger charge is -2.18. The Morgan fingerprint density at radius 1 is 1.27 bits per heavy atom. The fourth-order valence-corrected chi connectivity index (χ4v) is 2.35. The van der Waals surface area contributed by atoms with Gasteiger partial charge in [0.15, 0.2) is 0 Å². The Morgan fingerprint density at radius 2 is 1.93 bits per heavy atom. The minimum Gasteiger partial charge on any atom is -0.396 e. The van der Waals surface area contributed by atoms with Crippen molar-refractivity contribution in [2.24, 2.45) is 11.8 Å². The summed E-state index contributed by atoms with van der Waals surface area (Å²) in [5, 5.41) is 12.4. The number of rotatable bonds is 7. The molecular weight excluding hydrogens is 186 g/mol. The van der Waals surface area contributed by atoms with E-state index >= 15 is 0 Å². The van der Waals surface area contributed by atoms with Crippen LogP contribution in [-0.2, 0) is 0 Å². The van der Waals surface area contributed by atoms with Crippen molar-refractivity contribution < 1.29 is 5.11 Å². The zero-order chi connectivity index (χ0) is 11.1. The van der Waals surface area contributed by atoms with Crippen molar-refractivity contribution >= 4 is 0 Å². The molecule has 0 aliphatic heterocycles. The number of hydrogen-bond donors (Lipinski definition) is 2. The molecular formula is C13H27NO. The van der Waals surface area contributed by atoms with Crippen LogP contribution in [0.25, 0.3) is 0 Å².